The maximum absolute atomic E-state index is 11.8. The molecule has 0 saturated carbocycles. The zero-order valence-corrected chi connectivity index (χ0v) is 11.8. The molecule has 1 fully saturated rings. The summed E-state index contributed by atoms with van der Waals surface area (Å²) in [4.78, 5) is 11.8. The van der Waals surface area contributed by atoms with Gasteiger partial charge in [-0.3, -0.25) is 9.89 Å². The van der Waals surface area contributed by atoms with Crippen molar-refractivity contribution in [3.63, 3.8) is 0 Å². The number of amides is 1. The topological polar surface area (TPSA) is 67.0 Å². The van der Waals surface area contributed by atoms with Crippen molar-refractivity contribution in [3.05, 3.63) is 42.1 Å². The largest absolute Gasteiger partial charge is 0.378 e. The Labute approximate surface area is 123 Å². The SMILES string of the molecule is O=C(C[C@H]1CCCO1)NCc1ccc(-c2ccn[nH]2)cc1. The van der Waals surface area contributed by atoms with Crippen LogP contribution in [0.4, 0.5) is 0 Å². The van der Waals surface area contributed by atoms with E-state index in [1.54, 1.807) is 6.20 Å². The van der Waals surface area contributed by atoms with Gasteiger partial charge in [0.1, 0.15) is 0 Å². The van der Waals surface area contributed by atoms with Gasteiger partial charge in [0.15, 0.2) is 0 Å². The lowest BCUT2D eigenvalue weighted by Gasteiger charge is -2.10. The molecule has 1 aliphatic heterocycles. The molecule has 1 aliphatic rings. The number of benzene rings is 1. The molecular weight excluding hydrogens is 266 g/mol. The van der Waals surface area contributed by atoms with Crippen molar-refractivity contribution in [2.45, 2.75) is 31.9 Å². The molecule has 1 aromatic carbocycles. The zero-order valence-electron chi connectivity index (χ0n) is 11.8. The van der Waals surface area contributed by atoms with E-state index in [4.69, 9.17) is 4.74 Å². The number of ether oxygens (including phenoxy) is 1. The summed E-state index contributed by atoms with van der Waals surface area (Å²) in [6, 6.07) is 10.0. The van der Waals surface area contributed by atoms with Crippen LogP contribution in [0.25, 0.3) is 11.3 Å². The highest BCUT2D eigenvalue weighted by atomic mass is 16.5. The van der Waals surface area contributed by atoms with Gasteiger partial charge >= 0.3 is 0 Å². The Bertz CT molecular complexity index is 572. The van der Waals surface area contributed by atoms with Gasteiger partial charge < -0.3 is 10.1 Å². The summed E-state index contributed by atoms with van der Waals surface area (Å²) in [7, 11) is 0. The van der Waals surface area contributed by atoms with Gasteiger partial charge in [0.25, 0.3) is 0 Å². The smallest absolute Gasteiger partial charge is 0.222 e. The third-order valence-electron chi connectivity index (χ3n) is 3.69. The van der Waals surface area contributed by atoms with Gasteiger partial charge in [-0.05, 0) is 30.0 Å². The van der Waals surface area contributed by atoms with E-state index in [-0.39, 0.29) is 12.0 Å². The quantitative estimate of drug-likeness (QED) is 0.885. The van der Waals surface area contributed by atoms with Gasteiger partial charge in [0.2, 0.25) is 5.91 Å². The second-order valence-electron chi connectivity index (χ2n) is 5.28. The molecule has 0 unspecified atom stereocenters. The fraction of sp³-hybridized carbons (Fsp3) is 0.375. The minimum atomic E-state index is 0.0551. The second kappa shape index (κ2) is 6.54. The molecule has 0 radical (unpaired) electrons. The Balaban J connectivity index is 1.50. The number of carbonyl (C=O) groups is 1. The lowest BCUT2D eigenvalue weighted by Crippen LogP contribution is -2.26. The molecule has 0 spiro atoms. The third kappa shape index (κ3) is 3.70. The average Bonchev–Trinajstić information content (AvgIpc) is 3.19. The van der Waals surface area contributed by atoms with Gasteiger partial charge in [-0.2, -0.15) is 5.10 Å². The number of aromatic nitrogens is 2. The summed E-state index contributed by atoms with van der Waals surface area (Å²) in [6.45, 7) is 1.34. The maximum atomic E-state index is 11.8. The van der Waals surface area contributed by atoms with Crippen LogP contribution in [0.1, 0.15) is 24.8 Å². The lowest BCUT2D eigenvalue weighted by atomic mass is 10.1. The summed E-state index contributed by atoms with van der Waals surface area (Å²) in [5.74, 6) is 0.0551. The number of hydrogen-bond acceptors (Lipinski definition) is 3. The van der Waals surface area contributed by atoms with Crippen LogP contribution < -0.4 is 5.32 Å². The Morgan fingerprint density at radius 1 is 1.33 bits per heavy atom. The summed E-state index contributed by atoms with van der Waals surface area (Å²) in [5, 5.41) is 9.81. The summed E-state index contributed by atoms with van der Waals surface area (Å²) < 4.78 is 5.46. The summed E-state index contributed by atoms with van der Waals surface area (Å²) in [5.41, 5.74) is 3.16. The minimum absolute atomic E-state index is 0.0551. The van der Waals surface area contributed by atoms with Crippen molar-refractivity contribution < 1.29 is 9.53 Å². The second-order valence-corrected chi connectivity index (χ2v) is 5.28. The molecule has 1 amide bonds. The van der Waals surface area contributed by atoms with E-state index in [0.717, 1.165) is 36.3 Å². The molecule has 110 valence electrons. The van der Waals surface area contributed by atoms with Crippen LogP contribution in [0.3, 0.4) is 0 Å². The van der Waals surface area contributed by atoms with Crippen LogP contribution in [0.2, 0.25) is 0 Å². The first kappa shape index (κ1) is 13.8. The van der Waals surface area contributed by atoms with Crippen molar-refractivity contribution in [2.24, 2.45) is 0 Å². The molecule has 0 aliphatic carbocycles. The van der Waals surface area contributed by atoms with Crippen LogP contribution in [-0.4, -0.2) is 28.8 Å². The number of H-pyrrole nitrogens is 1. The zero-order chi connectivity index (χ0) is 14.5. The van der Waals surface area contributed by atoms with Crippen molar-refractivity contribution in [3.8, 4) is 11.3 Å². The first-order valence-corrected chi connectivity index (χ1v) is 7.28. The highest BCUT2D eigenvalue weighted by Crippen LogP contribution is 2.17. The molecule has 5 heteroatoms. The highest BCUT2D eigenvalue weighted by molar-refractivity contribution is 5.76. The molecule has 21 heavy (non-hydrogen) atoms. The van der Waals surface area contributed by atoms with Crippen LogP contribution in [0.15, 0.2) is 36.5 Å². The van der Waals surface area contributed by atoms with E-state index < -0.39 is 0 Å². The van der Waals surface area contributed by atoms with Gasteiger partial charge in [0.05, 0.1) is 18.2 Å². The number of hydrogen-bond donors (Lipinski definition) is 2. The Morgan fingerprint density at radius 2 is 2.19 bits per heavy atom. The van der Waals surface area contributed by atoms with E-state index in [0.29, 0.717) is 13.0 Å². The third-order valence-corrected chi connectivity index (χ3v) is 3.69. The first-order valence-electron chi connectivity index (χ1n) is 7.28. The molecule has 1 atom stereocenters. The molecule has 5 nitrogen and oxygen atoms in total. The average molecular weight is 285 g/mol. The van der Waals surface area contributed by atoms with Gasteiger partial charge in [-0.15, -0.1) is 0 Å². The number of nitrogens with one attached hydrogen (secondary N) is 2. The van der Waals surface area contributed by atoms with Crippen molar-refractivity contribution in [2.75, 3.05) is 6.61 Å². The Morgan fingerprint density at radius 3 is 2.86 bits per heavy atom. The summed E-state index contributed by atoms with van der Waals surface area (Å²) in [6.07, 6.45) is 4.35. The minimum Gasteiger partial charge on any atom is -0.378 e. The van der Waals surface area contributed by atoms with Gasteiger partial charge in [-0.25, -0.2) is 0 Å². The predicted octanol–water partition coefficient (Wildman–Crippen LogP) is 2.26. The highest BCUT2D eigenvalue weighted by Gasteiger charge is 2.18. The lowest BCUT2D eigenvalue weighted by molar-refractivity contribution is -0.123. The van der Waals surface area contributed by atoms with Crippen LogP contribution in [0.5, 0.6) is 0 Å². The Hall–Kier alpha value is -2.14. The normalized spacial score (nSPS) is 17.8. The maximum Gasteiger partial charge on any atom is 0.222 e. The summed E-state index contributed by atoms with van der Waals surface area (Å²) >= 11 is 0. The van der Waals surface area contributed by atoms with Crippen LogP contribution in [-0.2, 0) is 16.1 Å². The monoisotopic (exact) mass is 285 g/mol. The molecule has 2 aromatic rings. The fourth-order valence-electron chi connectivity index (χ4n) is 2.50. The molecule has 3 rings (SSSR count). The standard InChI is InChI=1S/C16H19N3O2/c20-16(10-14-2-1-9-21-14)17-11-12-3-5-13(6-4-12)15-7-8-18-19-15/h3-8,14H,1-2,9-11H2,(H,17,20)(H,18,19)/t14-/m1/s1. The molecule has 1 aromatic heterocycles. The van der Waals surface area contributed by atoms with E-state index >= 15 is 0 Å². The first-order chi connectivity index (χ1) is 10.3. The van der Waals surface area contributed by atoms with Crippen LogP contribution in [0, 0.1) is 0 Å². The molecule has 2 heterocycles. The van der Waals surface area contributed by atoms with Gasteiger partial charge in [0, 0.05) is 19.3 Å². The van der Waals surface area contributed by atoms with E-state index in [2.05, 4.69) is 15.5 Å². The van der Waals surface area contributed by atoms with Crippen molar-refractivity contribution in [1.82, 2.24) is 15.5 Å². The van der Waals surface area contributed by atoms with Gasteiger partial charge in [-0.1, -0.05) is 24.3 Å². The number of aromatic amines is 1. The van der Waals surface area contributed by atoms with E-state index in [1.807, 2.05) is 30.3 Å². The molecular formula is C16H19N3O2. The van der Waals surface area contributed by atoms with E-state index in [1.165, 1.54) is 0 Å². The van der Waals surface area contributed by atoms with E-state index in [9.17, 15) is 4.79 Å². The number of nitrogens with zero attached hydrogens (tertiary/aromatic N) is 1. The van der Waals surface area contributed by atoms with Crippen LogP contribution >= 0.6 is 0 Å². The molecule has 0 bridgehead atoms. The molecule has 1 saturated heterocycles. The number of carbonyl (C=O) groups excluding carboxylic acids is 1. The predicted molar refractivity (Wildman–Crippen MR) is 79.5 cm³/mol. The number of rotatable bonds is 5. The van der Waals surface area contributed by atoms with Crippen molar-refractivity contribution in [1.29, 1.82) is 0 Å². The Kier molecular flexibility index (Phi) is 4.31. The van der Waals surface area contributed by atoms with Crippen molar-refractivity contribution >= 4 is 5.91 Å². The molecule has 2 N–H and O–H groups in total. The fourth-order valence-corrected chi connectivity index (χ4v) is 2.50.